The number of hydrogen-bond donors (Lipinski definition) is 0. The predicted octanol–water partition coefficient (Wildman–Crippen LogP) is 4.27. The van der Waals surface area contributed by atoms with Gasteiger partial charge in [-0.15, -0.1) is 11.3 Å². The molecule has 3 fully saturated rings. The van der Waals surface area contributed by atoms with E-state index < -0.39 is 0 Å². The van der Waals surface area contributed by atoms with Gasteiger partial charge in [0.1, 0.15) is 0 Å². The van der Waals surface area contributed by atoms with E-state index in [1.165, 1.54) is 30.6 Å². The lowest BCUT2D eigenvalue weighted by Crippen LogP contribution is -2.47. The fraction of sp³-hybridized carbons (Fsp3) is 0.611. The van der Waals surface area contributed by atoms with Crippen LogP contribution in [0.4, 0.5) is 0 Å². The maximum absolute atomic E-state index is 13.2. The number of thiophene rings is 1. The van der Waals surface area contributed by atoms with E-state index in [1.54, 1.807) is 22.5 Å². The molecule has 2 aliphatic carbocycles. The number of carbonyl (C=O) groups is 1. The summed E-state index contributed by atoms with van der Waals surface area (Å²) in [5.41, 5.74) is 3.17. The third-order valence-corrected chi connectivity index (χ3v) is 6.59. The first kappa shape index (κ1) is 13.6. The van der Waals surface area contributed by atoms with Gasteiger partial charge in [-0.25, -0.2) is 0 Å². The van der Waals surface area contributed by atoms with Gasteiger partial charge >= 0.3 is 0 Å². The van der Waals surface area contributed by atoms with Gasteiger partial charge < -0.3 is 4.90 Å². The lowest BCUT2D eigenvalue weighted by Gasteiger charge is -2.36. The van der Waals surface area contributed by atoms with Gasteiger partial charge in [0, 0.05) is 18.0 Å². The molecule has 21 heavy (non-hydrogen) atoms. The number of hydrogen-bond acceptors (Lipinski definition) is 2. The molecule has 0 radical (unpaired) electrons. The molecule has 1 aromatic rings. The predicted molar refractivity (Wildman–Crippen MR) is 86.5 cm³/mol. The molecule has 2 saturated carbocycles. The third kappa shape index (κ3) is 2.36. The van der Waals surface area contributed by atoms with E-state index >= 15 is 0 Å². The minimum Gasteiger partial charge on any atom is -0.341 e. The molecule has 1 amide bonds. The monoisotopic (exact) mass is 301 g/mol. The number of likely N-dealkylation sites (tertiary alicyclic amines) is 1. The standard InChI is InChI=1S/C18H23NOS/c20-17(19-11-7-15(8-12-19)14-5-6-14)18(9-1-2-10-18)16-4-3-13-21-16/h3-4,13H,1-2,5-12H2. The van der Waals surface area contributed by atoms with Crippen LogP contribution >= 0.6 is 11.3 Å². The molecule has 112 valence electrons. The summed E-state index contributed by atoms with van der Waals surface area (Å²) in [4.78, 5) is 16.7. The summed E-state index contributed by atoms with van der Waals surface area (Å²) in [5, 5.41) is 2.12. The van der Waals surface area contributed by atoms with Gasteiger partial charge in [-0.05, 0) is 50.0 Å². The van der Waals surface area contributed by atoms with Crippen LogP contribution in [0.15, 0.2) is 28.7 Å². The van der Waals surface area contributed by atoms with Crippen molar-refractivity contribution in [2.24, 2.45) is 0 Å². The topological polar surface area (TPSA) is 20.3 Å². The van der Waals surface area contributed by atoms with Crippen molar-refractivity contribution in [3.05, 3.63) is 33.5 Å². The quantitative estimate of drug-likeness (QED) is 0.747. The van der Waals surface area contributed by atoms with E-state index in [2.05, 4.69) is 22.4 Å². The van der Waals surface area contributed by atoms with E-state index in [0.717, 1.165) is 38.8 Å². The lowest BCUT2D eigenvalue weighted by molar-refractivity contribution is -0.137. The molecule has 0 spiro atoms. The Balaban J connectivity index is 1.54. The zero-order valence-electron chi connectivity index (χ0n) is 12.6. The van der Waals surface area contributed by atoms with Gasteiger partial charge in [0.05, 0.1) is 5.41 Å². The van der Waals surface area contributed by atoms with Crippen molar-refractivity contribution in [1.82, 2.24) is 4.90 Å². The highest BCUT2D eigenvalue weighted by Gasteiger charge is 2.46. The summed E-state index contributed by atoms with van der Waals surface area (Å²) in [6, 6.07) is 4.27. The molecule has 3 heteroatoms. The van der Waals surface area contributed by atoms with Crippen LogP contribution < -0.4 is 0 Å². The highest BCUT2D eigenvalue weighted by Crippen LogP contribution is 2.45. The van der Waals surface area contributed by atoms with Crippen molar-refractivity contribution >= 4 is 17.2 Å². The normalized spacial score (nSPS) is 24.5. The highest BCUT2D eigenvalue weighted by atomic mass is 32.1. The fourth-order valence-electron chi connectivity index (χ4n) is 4.15. The average molecular weight is 301 g/mol. The molecule has 2 heterocycles. The van der Waals surface area contributed by atoms with E-state index in [-0.39, 0.29) is 5.41 Å². The van der Waals surface area contributed by atoms with Crippen LogP contribution in [0, 0.1) is 0 Å². The summed E-state index contributed by atoms with van der Waals surface area (Å²) in [7, 11) is 0. The van der Waals surface area contributed by atoms with Gasteiger partial charge in [0.2, 0.25) is 5.91 Å². The van der Waals surface area contributed by atoms with Crippen LogP contribution in [0.3, 0.4) is 0 Å². The molecule has 0 aromatic carbocycles. The number of piperidine rings is 1. The van der Waals surface area contributed by atoms with Gasteiger partial charge in [0.25, 0.3) is 0 Å². The number of nitrogens with zero attached hydrogens (tertiary/aromatic N) is 1. The average Bonchev–Trinajstić information content (AvgIpc) is 3.03. The van der Waals surface area contributed by atoms with Gasteiger partial charge in [-0.3, -0.25) is 4.79 Å². The third-order valence-electron chi connectivity index (χ3n) is 5.51. The van der Waals surface area contributed by atoms with Gasteiger partial charge in [-0.2, -0.15) is 0 Å². The van der Waals surface area contributed by atoms with E-state index in [1.807, 2.05) is 0 Å². The Kier molecular flexibility index (Phi) is 3.41. The Morgan fingerprint density at radius 3 is 2.29 bits per heavy atom. The fourth-order valence-corrected chi connectivity index (χ4v) is 5.12. The van der Waals surface area contributed by atoms with Crippen LogP contribution in [-0.4, -0.2) is 23.9 Å². The Morgan fingerprint density at radius 1 is 1.05 bits per heavy atom. The first-order valence-electron chi connectivity index (χ1n) is 8.33. The second-order valence-corrected chi connectivity index (χ2v) is 7.71. The minimum atomic E-state index is -0.182. The molecule has 3 aliphatic rings. The molecular weight excluding hydrogens is 278 g/mol. The summed E-state index contributed by atoms with van der Waals surface area (Å²) < 4.78 is 0. The highest BCUT2D eigenvalue weighted by molar-refractivity contribution is 7.10. The summed E-state index contributed by atoms with van der Waals surface area (Å²) in [6.45, 7) is 1.90. The van der Waals surface area contributed by atoms with Crippen molar-refractivity contribution in [3.63, 3.8) is 0 Å². The molecule has 2 nitrogen and oxygen atoms in total. The number of rotatable bonds is 2. The Morgan fingerprint density at radius 2 is 1.71 bits per heavy atom. The molecule has 4 rings (SSSR count). The van der Waals surface area contributed by atoms with Gasteiger partial charge in [-0.1, -0.05) is 30.1 Å². The van der Waals surface area contributed by atoms with Crippen molar-refractivity contribution in [1.29, 1.82) is 0 Å². The second kappa shape index (κ2) is 5.28. The lowest BCUT2D eigenvalue weighted by atomic mass is 9.82. The van der Waals surface area contributed by atoms with Crippen molar-refractivity contribution in [3.8, 4) is 0 Å². The molecule has 1 aromatic heterocycles. The number of carbonyl (C=O) groups excluding carboxylic acids is 1. The van der Waals surface area contributed by atoms with E-state index in [4.69, 9.17) is 0 Å². The van der Waals surface area contributed by atoms with Crippen LogP contribution in [-0.2, 0) is 10.2 Å². The second-order valence-electron chi connectivity index (χ2n) is 6.77. The molecule has 1 saturated heterocycles. The molecule has 0 atom stereocenters. The van der Waals surface area contributed by atoms with E-state index in [0.29, 0.717) is 5.91 Å². The Bertz CT molecular complexity index is 550. The SMILES string of the molecule is O=C(N1CCC(=C2CC2)CC1)C1(c2cccs2)CCCC1. The van der Waals surface area contributed by atoms with Crippen molar-refractivity contribution in [2.75, 3.05) is 13.1 Å². The Hall–Kier alpha value is -1.09. The zero-order valence-corrected chi connectivity index (χ0v) is 13.4. The molecule has 1 aliphatic heterocycles. The van der Waals surface area contributed by atoms with Crippen LogP contribution in [0.1, 0.15) is 56.2 Å². The zero-order chi connectivity index (χ0) is 14.3. The van der Waals surface area contributed by atoms with Crippen LogP contribution in [0.5, 0.6) is 0 Å². The molecular formula is C18H23NOS. The smallest absolute Gasteiger partial charge is 0.234 e. The maximum Gasteiger partial charge on any atom is 0.234 e. The largest absolute Gasteiger partial charge is 0.341 e. The maximum atomic E-state index is 13.2. The van der Waals surface area contributed by atoms with Gasteiger partial charge in [0.15, 0.2) is 0 Å². The van der Waals surface area contributed by atoms with Crippen LogP contribution in [0.25, 0.3) is 0 Å². The van der Waals surface area contributed by atoms with Crippen molar-refractivity contribution < 1.29 is 4.79 Å². The first-order chi connectivity index (χ1) is 10.3. The Labute approximate surface area is 130 Å². The summed E-state index contributed by atoms with van der Waals surface area (Å²) >= 11 is 1.77. The molecule has 0 unspecified atom stereocenters. The number of amides is 1. The number of allylic oxidation sites excluding steroid dienone is 1. The summed E-state index contributed by atoms with van der Waals surface area (Å²) in [5.74, 6) is 0.419. The van der Waals surface area contributed by atoms with Crippen LogP contribution in [0.2, 0.25) is 0 Å². The summed E-state index contributed by atoms with van der Waals surface area (Å²) in [6.07, 6.45) is 9.40. The molecule has 0 N–H and O–H groups in total. The first-order valence-corrected chi connectivity index (χ1v) is 9.21. The molecule has 0 bridgehead atoms. The van der Waals surface area contributed by atoms with E-state index in [9.17, 15) is 4.79 Å². The minimum absolute atomic E-state index is 0.182. The van der Waals surface area contributed by atoms with Crippen molar-refractivity contribution in [2.45, 2.75) is 56.8 Å².